The molecule has 2 aromatic heterocycles. The molecule has 11 N–H and O–H groups in total. The molecule has 1 atom stereocenters. The summed E-state index contributed by atoms with van der Waals surface area (Å²) in [7, 11) is 1.31. The van der Waals surface area contributed by atoms with Crippen molar-refractivity contribution in [2.45, 2.75) is 96.8 Å². The van der Waals surface area contributed by atoms with Crippen LogP contribution in [-0.2, 0) is 37.6 Å². The fraction of sp³-hybridized carbons (Fsp3) is 0.490. The first kappa shape index (κ1) is 59.4. The van der Waals surface area contributed by atoms with Gasteiger partial charge < -0.3 is 50.5 Å². The number of nitrogens with two attached hydrogens (primary N) is 2. The number of nitrogens with zero attached hydrogens (tertiary/aromatic N) is 4. The average molecular weight is 1050 g/mol. The third-order valence-corrected chi connectivity index (χ3v) is 11.5. The number of ether oxygens (including phenoxy) is 1. The number of hydrogen-bond donors (Lipinski definition) is 9. The van der Waals surface area contributed by atoms with Crippen LogP contribution in [-0.4, -0.2) is 136 Å². The van der Waals surface area contributed by atoms with Crippen LogP contribution in [0.15, 0.2) is 64.2 Å². The Balaban J connectivity index is 1.67. The first-order chi connectivity index (χ1) is 35.7. The maximum atomic E-state index is 14.1. The van der Waals surface area contributed by atoms with E-state index < -0.39 is 89.0 Å². The van der Waals surface area contributed by atoms with Crippen LogP contribution in [0.1, 0.15) is 126 Å². The highest BCUT2D eigenvalue weighted by Gasteiger charge is 2.25. The average Bonchev–Trinajstić information content (AvgIpc) is 3.36. The first-order valence-corrected chi connectivity index (χ1v) is 24.5. The van der Waals surface area contributed by atoms with Crippen LogP contribution in [0.5, 0.6) is 0 Å². The lowest BCUT2D eigenvalue weighted by atomic mass is 10.1. The summed E-state index contributed by atoms with van der Waals surface area (Å²) < 4.78 is 6.99. The molecule has 4 bridgehead atoms. The van der Waals surface area contributed by atoms with E-state index in [4.69, 9.17) is 21.3 Å². The minimum Gasteiger partial charge on any atom is -0.444 e. The molecule has 0 radical (unpaired) electrons. The number of hydrazine groups is 2. The molecule has 75 heavy (non-hydrogen) atoms. The van der Waals surface area contributed by atoms with Crippen molar-refractivity contribution in [1.29, 1.82) is 0 Å². The molecule has 0 unspecified atom stereocenters. The number of carbonyl (C=O) groups is 9. The van der Waals surface area contributed by atoms with E-state index in [9.17, 15) is 52.7 Å². The molecule has 0 fully saturated rings. The molecule has 3 aromatic rings. The number of nitrogens with one attached hydrogen (secondary N) is 7. The fourth-order valence-electron chi connectivity index (χ4n) is 7.61. The molecule has 6 rings (SSSR count). The van der Waals surface area contributed by atoms with E-state index in [1.807, 2.05) is 10.9 Å². The van der Waals surface area contributed by atoms with E-state index >= 15 is 0 Å². The van der Waals surface area contributed by atoms with E-state index in [0.717, 1.165) is 10.6 Å². The SMILES string of the molecule is Cn1c2ccc(c1=O)C(=O)NCCCN(C(=O)CC(=O)NN)CCCCN(C(=O)CC(=O)NN)CCCNC(=O)c1ccc(n(OCc3ccccc3)c1=O)C(=O)NC[C@H](CCCCNC(=O)OC(C)(C)C)NC2=O. The van der Waals surface area contributed by atoms with Crippen LogP contribution < -0.4 is 65.1 Å². The summed E-state index contributed by atoms with van der Waals surface area (Å²) in [6.07, 6.45) is 0.342. The zero-order chi connectivity index (χ0) is 55.1. The number of benzene rings is 1. The molecular weight excluding hydrogens is 979 g/mol. The zero-order valence-corrected chi connectivity index (χ0v) is 42.8. The van der Waals surface area contributed by atoms with Crippen LogP contribution in [0.25, 0.3) is 0 Å². The number of pyridine rings is 2. The number of hydrogen-bond acceptors (Lipinski definition) is 15. The van der Waals surface area contributed by atoms with E-state index in [1.54, 1.807) is 51.1 Å². The highest BCUT2D eigenvalue weighted by molar-refractivity contribution is 5.99. The van der Waals surface area contributed by atoms with Crippen LogP contribution in [0, 0.1) is 0 Å². The minimum atomic E-state index is -0.975. The molecule has 408 valence electrons. The van der Waals surface area contributed by atoms with Crippen molar-refractivity contribution in [2.75, 3.05) is 52.4 Å². The Hall–Kier alpha value is -8.13. The van der Waals surface area contributed by atoms with Gasteiger partial charge in [0.15, 0.2) is 0 Å². The Morgan fingerprint density at radius 3 is 1.73 bits per heavy atom. The second kappa shape index (κ2) is 29.5. The lowest BCUT2D eigenvalue weighted by molar-refractivity contribution is -0.138. The Kier molecular flexibility index (Phi) is 23.4. The molecular formula is C49H69N13O13. The number of amides is 9. The molecule has 26 heteroatoms. The van der Waals surface area contributed by atoms with Crippen molar-refractivity contribution in [1.82, 2.24) is 56.5 Å². The van der Waals surface area contributed by atoms with Gasteiger partial charge in [-0.1, -0.05) is 30.3 Å². The minimum absolute atomic E-state index is 0.000924. The van der Waals surface area contributed by atoms with Gasteiger partial charge in [0.2, 0.25) is 23.6 Å². The molecule has 0 aliphatic carbocycles. The van der Waals surface area contributed by atoms with Crippen molar-refractivity contribution >= 4 is 53.4 Å². The number of aromatic nitrogens is 2. The smallest absolute Gasteiger partial charge is 0.407 e. The van der Waals surface area contributed by atoms with Gasteiger partial charge in [0.05, 0.1) is 0 Å². The Bertz CT molecular complexity index is 2630. The molecule has 3 aliphatic heterocycles. The fourth-order valence-corrected chi connectivity index (χ4v) is 7.61. The largest absolute Gasteiger partial charge is 0.444 e. The summed E-state index contributed by atoms with van der Waals surface area (Å²) >= 11 is 0. The Morgan fingerprint density at radius 1 is 0.653 bits per heavy atom. The summed E-state index contributed by atoms with van der Waals surface area (Å²) in [5, 5.41) is 13.5. The van der Waals surface area contributed by atoms with Crippen molar-refractivity contribution in [2.24, 2.45) is 18.7 Å². The maximum Gasteiger partial charge on any atom is 0.407 e. The number of fused-ring (bicyclic) bond motifs is 2. The summed E-state index contributed by atoms with van der Waals surface area (Å²) in [5.41, 5.74) is 0.897. The zero-order valence-electron chi connectivity index (χ0n) is 42.8. The monoisotopic (exact) mass is 1050 g/mol. The summed E-state index contributed by atoms with van der Waals surface area (Å²) in [6, 6.07) is 12.8. The molecule has 0 saturated carbocycles. The molecule has 0 saturated heterocycles. The second-order valence-corrected chi connectivity index (χ2v) is 18.5. The van der Waals surface area contributed by atoms with Gasteiger partial charge >= 0.3 is 6.09 Å². The maximum absolute atomic E-state index is 14.1. The van der Waals surface area contributed by atoms with E-state index in [1.165, 1.54) is 35.0 Å². The van der Waals surface area contributed by atoms with Crippen LogP contribution in [0.4, 0.5) is 4.79 Å². The first-order valence-electron chi connectivity index (χ1n) is 24.5. The van der Waals surface area contributed by atoms with Gasteiger partial charge in [0, 0.05) is 65.4 Å². The Morgan fingerprint density at radius 2 is 1.19 bits per heavy atom. The van der Waals surface area contributed by atoms with Gasteiger partial charge in [-0.3, -0.25) is 58.8 Å². The molecule has 5 heterocycles. The predicted molar refractivity (Wildman–Crippen MR) is 271 cm³/mol. The summed E-state index contributed by atoms with van der Waals surface area (Å²) in [6.45, 7) is 5.32. The lowest BCUT2D eigenvalue weighted by Gasteiger charge is -2.25. The number of unbranched alkanes of at least 4 members (excludes halogenated alkanes) is 1. The topological polar surface area (TPSA) is 359 Å². The molecule has 0 spiro atoms. The molecule has 1 aromatic carbocycles. The number of carbonyl (C=O) groups excluding carboxylic acids is 9. The van der Waals surface area contributed by atoms with E-state index in [-0.39, 0.29) is 101 Å². The van der Waals surface area contributed by atoms with Gasteiger partial charge in [0.1, 0.15) is 47.6 Å². The van der Waals surface area contributed by atoms with E-state index in [2.05, 4.69) is 26.6 Å². The molecule has 9 amide bonds. The predicted octanol–water partition coefficient (Wildman–Crippen LogP) is -1.15. The van der Waals surface area contributed by atoms with Crippen molar-refractivity contribution in [3.63, 3.8) is 0 Å². The van der Waals surface area contributed by atoms with E-state index in [0.29, 0.717) is 36.0 Å². The van der Waals surface area contributed by atoms with Gasteiger partial charge in [-0.05, 0) is 95.5 Å². The van der Waals surface area contributed by atoms with Crippen molar-refractivity contribution in [3.8, 4) is 0 Å². The van der Waals surface area contributed by atoms with Gasteiger partial charge in [-0.25, -0.2) is 16.5 Å². The highest BCUT2D eigenvalue weighted by Crippen LogP contribution is 2.11. The van der Waals surface area contributed by atoms with Crippen LogP contribution in [0.2, 0.25) is 0 Å². The molecule has 26 nitrogen and oxygen atoms in total. The summed E-state index contributed by atoms with van der Waals surface area (Å²) in [4.78, 5) is 154. The number of rotatable bonds is 12. The number of alkyl carbamates (subject to hydrolysis) is 1. The molecule has 3 aliphatic rings. The second-order valence-electron chi connectivity index (χ2n) is 18.5. The van der Waals surface area contributed by atoms with Gasteiger partial charge in [0.25, 0.3) is 34.7 Å². The Labute approximate surface area is 432 Å². The van der Waals surface area contributed by atoms with Crippen LogP contribution >= 0.6 is 0 Å². The highest BCUT2D eigenvalue weighted by atomic mass is 16.7. The lowest BCUT2D eigenvalue weighted by Crippen LogP contribution is -2.46. The van der Waals surface area contributed by atoms with Crippen molar-refractivity contribution < 1.29 is 52.7 Å². The third-order valence-electron chi connectivity index (χ3n) is 11.5. The quantitative estimate of drug-likeness (QED) is 0.0340. The third kappa shape index (κ3) is 19.3. The standard InChI is InChI=1S/C49H69N13O13/c1-49(2,3)75-48(73)54-21-9-8-16-33-30-55-44(69)37-20-18-35(47(72)62(37)74-31-32-14-6-5-7-15-32)43(68)53-23-13-27-61(41(66)29-39(64)58-51)25-11-10-24-60(40(65)28-38(63)57-50)26-12-22-52-42(67)34-17-19-36(45(70)56-33)59(4)46(34)71/h5-7,14-15,17-20,33H,8-13,16,21-31,50-51H2,1-4H3,(H,52,67)(H,53,68)(H,54,73)(H,55,69)(H,56,70)(H,57,63)(H,58,64)/t33-/m0/s1. The van der Waals surface area contributed by atoms with Gasteiger partial charge in [-0.2, -0.15) is 0 Å². The normalized spacial score (nSPS) is 15.8. The van der Waals surface area contributed by atoms with Gasteiger partial charge in [-0.15, -0.1) is 4.73 Å². The summed E-state index contributed by atoms with van der Waals surface area (Å²) in [5.74, 6) is 4.73. The van der Waals surface area contributed by atoms with Crippen molar-refractivity contribution in [3.05, 3.63) is 103 Å². The van der Waals surface area contributed by atoms with Crippen LogP contribution in [0.3, 0.4) is 0 Å².